The molecule has 0 saturated carbocycles. The van der Waals surface area contributed by atoms with E-state index in [-0.39, 0.29) is 16.5 Å². The number of carbonyl (C=O) groups is 1. The van der Waals surface area contributed by atoms with E-state index < -0.39 is 16.0 Å². The molecule has 0 bridgehead atoms. The molecule has 112 valence electrons. The van der Waals surface area contributed by atoms with Gasteiger partial charge in [-0.25, -0.2) is 17.9 Å². The van der Waals surface area contributed by atoms with Gasteiger partial charge in [-0.3, -0.25) is 0 Å². The molecule has 0 aliphatic heterocycles. The number of carboxylic acid groups (broad SMARTS) is 1. The minimum absolute atomic E-state index is 0.0620. The molecule has 0 amide bonds. The Morgan fingerprint density at radius 2 is 1.95 bits per heavy atom. The van der Waals surface area contributed by atoms with Crippen molar-refractivity contribution >= 4 is 31.9 Å². The van der Waals surface area contributed by atoms with Gasteiger partial charge in [-0.1, -0.05) is 13.8 Å². The van der Waals surface area contributed by atoms with E-state index in [4.69, 9.17) is 5.11 Å². The molecule has 0 aromatic heterocycles. The molecule has 0 saturated heterocycles. The van der Waals surface area contributed by atoms with E-state index in [9.17, 15) is 13.2 Å². The molecule has 5 nitrogen and oxygen atoms in total. The number of nitrogens with one attached hydrogen (secondary N) is 1. The summed E-state index contributed by atoms with van der Waals surface area (Å²) in [5.74, 6) is -0.800. The maximum atomic E-state index is 12.3. The average Bonchev–Trinajstić information content (AvgIpc) is 2.26. The lowest BCUT2D eigenvalue weighted by Crippen LogP contribution is -2.33. The van der Waals surface area contributed by atoms with E-state index in [1.165, 1.54) is 12.1 Å². The molecule has 0 aliphatic rings. The maximum Gasteiger partial charge on any atom is 0.335 e. The van der Waals surface area contributed by atoms with Crippen LogP contribution in [0.25, 0.3) is 0 Å². The average molecular weight is 364 g/mol. The first-order valence-corrected chi connectivity index (χ1v) is 8.46. The van der Waals surface area contributed by atoms with Crippen molar-refractivity contribution in [3.63, 3.8) is 0 Å². The molecule has 20 heavy (non-hydrogen) atoms. The lowest BCUT2D eigenvalue weighted by Gasteiger charge is -2.17. The molecule has 1 aromatic carbocycles. The number of halogens is 1. The predicted octanol–water partition coefficient (Wildman–Crippen LogP) is 2.86. The summed E-state index contributed by atoms with van der Waals surface area (Å²) in [5.41, 5.74) is -0.0647. The second-order valence-electron chi connectivity index (χ2n) is 5.10. The molecule has 2 N–H and O–H groups in total. The first-order chi connectivity index (χ1) is 9.13. The van der Waals surface area contributed by atoms with Crippen molar-refractivity contribution in [3.05, 3.63) is 28.2 Å². The first kappa shape index (κ1) is 17.1. The van der Waals surface area contributed by atoms with Crippen molar-refractivity contribution < 1.29 is 18.3 Å². The van der Waals surface area contributed by atoms with Gasteiger partial charge in [-0.2, -0.15) is 0 Å². The summed E-state index contributed by atoms with van der Waals surface area (Å²) >= 11 is 3.14. The summed E-state index contributed by atoms with van der Waals surface area (Å²) in [6.45, 7) is 5.80. The number of hydrogen-bond acceptors (Lipinski definition) is 3. The van der Waals surface area contributed by atoms with Gasteiger partial charge in [0, 0.05) is 10.5 Å². The van der Waals surface area contributed by atoms with Crippen LogP contribution in [0.4, 0.5) is 0 Å². The van der Waals surface area contributed by atoms with E-state index in [0.717, 1.165) is 6.07 Å². The summed E-state index contributed by atoms with van der Waals surface area (Å²) < 4.78 is 27.5. The van der Waals surface area contributed by atoms with Crippen LogP contribution < -0.4 is 4.72 Å². The molecule has 7 heteroatoms. The molecule has 1 aromatic rings. The van der Waals surface area contributed by atoms with Crippen LogP contribution in [0.15, 0.2) is 27.6 Å². The van der Waals surface area contributed by atoms with Crippen molar-refractivity contribution in [2.45, 2.75) is 38.1 Å². The number of carboxylic acids is 1. The Labute approximate surface area is 127 Å². The van der Waals surface area contributed by atoms with Crippen molar-refractivity contribution in [2.24, 2.45) is 5.92 Å². The summed E-state index contributed by atoms with van der Waals surface area (Å²) in [6.07, 6.45) is 0.704. The molecule has 1 unspecified atom stereocenters. The SMILES string of the molecule is CC(C)CC(C)NS(=O)(=O)c1cc(C(=O)O)ccc1Br. The van der Waals surface area contributed by atoms with Crippen LogP contribution in [0.2, 0.25) is 0 Å². The quantitative estimate of drug-likeness (QED) is 0.813. The Kier molecular flexibility index (Phi) is 5.73. The molecular formula is C13H18BrNO4S. The third-order valence-corrected chi connectivity index (χ3v) is 5.23. The highest BCUT2D eigenvalue weighted by molar-refractivity contribution is 9.10. The van der Waals surface area contributed by atoms with Gasteiger partial charge in [0.1, 0.15) is 0 Å². The van der Waals surface area contributed by atoms with Gasteiger partial charge in [0.05, 0.1) is 10.5 Å². The number of sulfonamides is 1. The Morgan fingerprint density at radius 1 is 1.35 bits per heavy atom. The second-order valence-corrected chi connectivity index (χ2v) is 7.64. The first-order valence-electron chi connectivity index (χ1n) is 6.18. The maximum absolute atomic E-state index is 12.3. The number of rotatable bonds is 6. The van der Waals surface area contributed by atoms with E-state index >= 15 is 0 Å². The van der Waals surface area contributed by atoms with Gasteiger partial charge in [0.2, 0.25) is 10.0 Å². The zero-order valence-electron chi connectivity index (χ0n) is 11.6. The lowest BCUT2D eigenvalue weighted by molar-refractivity contribution is 0.0696. The van der Waals surface area contributed by atoms with Gasteiger partial charge in [-0.15, -0.1) is 0 Å². The Hall–Kier alpha value is -0.920. The summed E-state index contributed by atoms with van der Waals surface area (Å²) in [7, 11) is -3.75. The fourth-order valence-corrected chi connectivity index (χ4v) is 4.17. The van der Waals surface area contributed by atoms with E-state index in [2.05, 4.69) is 20.7 Å². The van der Waals surface area contributed by atoms with Crippen molar-refractivity contribution in [1.29, 1.82) is 0 Å². The van der Waals surface area contributed by atoms with E-state index in [0.29, 0.717) is 16.8 Å². The minimum atomic E-state index is -3.75. The van der Waals surface area contributed by atoms with Crippen LogP contribution in [-0.4, -0.2) is 25.5 Å². The van der Waals surface area contributed by atoms with Gasteiger partial charge < -0.3 is 5.11 Å². The van der Waals surface area contributed by atoms with Gasteiger partial charge in [-0.05, 0) is 53.4 Å². The Morgan fingerprint density at radius 3 is 2.45 bits per heavy atom. The summed E-state index contributed by atoms with van der Waals surface area (Å²) in [6, 6.07) is 3.70. The highest BCUT2D eigenvalue weighted by Crippen LogP contribution is 2.24. The fourth-order valence-electron chi connectivity index (χ4n) is 1.93. The number of hydrogen-bond donors (Lipinski definition) is 2. The lowest BCUT2D eigenvalue weighted by atomic mass is 10.1. The van der Waals surface area contributed by atoms with Crippen molar-refractivity contribution in [1.82, 2.24) is 4.72 Å². The predicted molar refractivity (Wildman–Crippen MR) is 80.3 cm³/mol. The normalized spacial score (nSPS) is 13.4. The van der Waals surface area contributed by atoms with Crippen LogP contribution in [0.5, 0.6) is 0 Å². The number of aromatic carboxylic acids is 1. The zero-order valence-corrected chi connectivity index (χ0v) is 14.0. The molecule has 1 atom stereocenters. The zero-order chi connectivity index (χ0) is 15.5. The minimum Gasteiger partial charge on any atom is -0.478 e. The Balaban J connectivity index is 3.09. The van der Waals surface area contributed by atoms with Crippen LogP contribution in [0, 0.1) is 5.92 Å². The van der Waals surface area contributed by atoms with Crippen molar-refractivity contribution in [2.75, 3.05) is 0 Å². The van der Waals surface area contributed by atoms with Crippen LogP contribution in [-0.2, 0) is 10.0 Å². The van der Waals surface area contributed by atoms with Crippen molar-refractivity contribution in [3.8, 4) is 0 Å². The molecule has 0 aliphatic carbocycles. The van der Waals surface area contributed by atoms with Gasteiger partial charge >= 0.3 is 5.97 Å². The van der Waals surface area contributed by atoms with E-state index in [1.807, 2.05) is 13.8 Å². The smallest absolute Gasteiger partial charge is 0.335 e. The standard InChI is InChI=1S/C13H18BrNO4S/c1-8(2)6-9(3)15-20(18,19)12-7-10(13(16)17)4-5-11(12)14/h4-5,7-9,15H,6H2,1-3H3,(H,16,17). The molecule has 0 heterocycles. The van der Waals surface area contributed by atoms with E-state index in [1.54, 1.807) is 6.92 Å². The Bertz CT molecular complexity index is 598. The number of benzene rings is 1. The highest BCUT2D eigenvalue weighted by Gasteiger charge is 2.22. The monoisotopic (exact) mass is 363 g/mol. The molecule has 0 spiro atoms. The molecule has 0 fully saturated rings. The largest absolute Gasteiger partial charge is 0.478 e. The third-order valence-electron chi connectivity index (χ3n) is 2.65. The second kappa shape index (κ2) is 6.69. The summed E-state index contributed by atoms with van der Waals surface area (Å²) in [5, 5.41) is 8.94. The molecule has 0 radical (unpaired) electrons. The topological polar surface area (TPSA) is 83.5 Å². The molecule has 1 rings (SSSR count). The van der Waals surface area contributed by atoms with Gasteiger partial charge in [0.25, 0.3) is 0 Å². The van der Waals surface area contributed by atoms with Crippen LogP contribution in [0.1, 0.15) is 37.6 Å². The fraction of sp³-hybridized carbons (Fsp3) is 0.462. The van der Waals surface area contributed by atoms with Crippen LogP contribution in [0.3, 0.4) is 0 Å². The highest BCUT2D eigenvalue weighted by atomic mass is 79.9. The van der Waals surface area contributed by atoms with Gasteiger partial charge in [0.15, 0.2) is 0 Å². The van der Waals surface area contributed by atoms with Crippen LogP contribution >= 0.6 is 15.9 Å². The third kappa shape index (κ3) is 4.57. The molecular weight excluding hydrogens is 346 g/mol. The summed E-state index contributed by atoms with van der Waals surface area (Å²) in [4.78, 5) is 10.9.